The lowest BCUT2D eigenvalue weighted by Crippen LogP contribution is -2.27. The third kappa shape index (κ3) is 2.98. The Morgan fingerprint density at radius 2 is 2.00 bits per heavy atom. The SMILES string of the molecule is O=C(NCc1ccccc1N1CCCC1)[C@@H]1C[C@@H]1c1ccco1. The molecule has 23 heavy (non-hydrogen) atoms. The van der Waals surface area contributed by atoms with Crippen molar-refractivity contribution >= 4 is 11.6 Å². The molecule has 0 radical (unpaired) electrons. The largest absolute Gasteiger partial charge is 0.469 e. The molecule has 0 spiro atoms. The third-order valence-corrected chi connectivity index (χ3v) is 4.93. The van der Waals surface area contributed by atoms with Crippen LogP contribution in [0.2, 0.25) is 0 Å². The van der Waals surface area contributed by atoms with Gasteiger partial charge in [0.1, 0.15) is 5.76 Å². The topological polar surface area (TPSA) is 45.5 Å². The van der Waals surface area contributed by atoms with Crippen LogP contribution in [-0.4, -0.2) is 19.0 Å². The van der Waals surface area contributed by atoms with Crippen LogP contribution >= 0.6 is 0 Å². The van der Waals surface area contributed by atoms with Crippen LogP contribution in [0.5, 0.6) is 0 Å². The number of amides is 1. The Labute approximate surface area is 136 Å². The molecule has 0 unspecified atom stereocenters. The number of nitrogens with zero attached hydrogens (tertiary/aromatic N) is 1. The number of hydrogen-bond donors (Lipinski definition) is 1. The summed E-state index contributed by atoms with van der Waals surface area (Å²) in [7, 11) is 0. The maximum atomic E-state index is 12.4. The molecule has 2 atom stereocenters. The van der Waals surface area contributed by atoms with E-state index in [1.54, 1.807) is 6.26 Å². The Hall–Kier alpha value is -2.23. The van der Waals surface area contributed by atoms with Gasteiger partial charge < -0.3 is 14.6 Å². The summed E-state index contributed by atoms with van der Waals surface area (Å²) >= 11 is 0. The molecule has 120 valence electrons. The molecule has 4 rings (SSSR count). The lowest BCUT2D eigenvalue weighted by molar-refractivity contribution is -0.122. The predicted molar refractivity (Wildman–Crippen MR) is 89.3 cm³/mol. The van der Waals surface area contributed by atoms with E-state index in [1.165, 1.54) is 24.1 Å². The Morgan fingerprint density at radius 3 is 2.78 bits per heavy atom. The van der Waals surface area contributed by atoms with Crippen molar-refractivity contribution in [2.45, 2.75) is 31.7 Å². The van der Waals surface area contributed by atoms with Crippen molar-refractivity contribution in [1.29, 1.82) is 0 Å². The van der Waals surface area contributed by atoms with Crippen molar-refractivity contribution in [3.63, 3.8) is 0 Å². The Kier molecular flexibility index (Phi) is 3.82. The first-order chi connectivity index (χ1) is 11.3. The summed E-state index contributed by atoms with van der Waals surface area (Å²) in [6.07, 6.45) is 5.09. The number of rotatable bonds is 5. The fraction of sp³-hybridized carbons (Fsp3) is 0.421. The Morgan fingerprint density at radius 1 is 1.17 bits per heavy atom. The van der Waals surface area contributed by atoms with Crippen molar-refractivity contribution in [2.24, 2.45) is 5.92 Å². The van der Waals surface area contributed by atoms with Gasteiger partial charge in [0.05, 0.1) is 6.26 Å². The van der Waals surface area contributed by atoms with Crippen molar-refractivity contribution in [2.75, 3.05) is 18.0 Å². The monoisotopic (exact) mass is 310 g/mol. The van der Waals surface area contributed by atoms with Gasteiger partial charge in [-0.25, -0.2) is 0 Å². The Balaban J connectivity index is 1.37. The number of benzene rings is 1. The van der Waals surface area contributed by atoms with Crippen LogP contribution in [0.4, 0.5) is 5.69 Å². The fourth-order valence-corrected chi connectivity index (χ4v) is 3.54. The normalized spacial score (nSPS) is 23.0. The number of para-hydroxylation sites is 1. The minimum absolute atomic E-state index is 0.0695. The molecule has 2 fully saturated rings. The van der Waals surface area contributed by atoms with E-state index in [0.717, 1.165) is 25.3 Å². The standard InChI is InChI=1S/C19H22N2O2/c22-19(16-12-15(16)18-8-5-11-23-18)20-13-14-6-1-2-7-17(14)21-9-3-4-10-21/h1-2,5-8,11,15-16H,3-4,9-10,12-13H2,(H,20,22)/t15-,16+/m0/s1. The highest BCUT2D eigenvalue weighted by Gasteiger charge is 2.45. The summed E-state index contributed by atoms with van der Waals surface area (Å²) in [5.41, 5.74) is 2.47. The van der Waals surface area contributed by atoms with E-state index in [-0.39, 0.29) is 17.7 Å². The molecule has 1 aromatic heterocycles. The van der Waals surface area contributed by atoms with Gasteiger partial charge in [0.25, 0.3) is 0 Å². The first kappa shape index (κ1) is 14.4. The van der Waals surface area contributed by atoms with Crippen molar-refractivity contribution < 1.29 is 9.21 Å². The summed E-state index contributed by atoms with van der Waals surface area (Å²) in [6, 6.07) is 12.2. The summed E-state index contributed by atoms with van der Waals surface area (Å²) < 4.78 is 5.40. The van der Waals surface area contributed by atoms with Gasteiger partial charge in [-0.05, 0) is 43.0 Å². The molecule has 1 amide bonds. The van der Waals surface area contributed by atoms with E-state index in [2.05, 4.69) is 28.4 Å². The van der Waals surface area contributed by atoms with Crippen molar-refractivity contribution in [1.82, 2.24) is 5.32 Å². The molecule has 1 N–H and O–H groups in total. The van der Waals surface area contributed by atoms with E-state index in [0.29, 0.717) is 6.54 Å². The highest BCUT2D eigenvalue weighted by atomic mass is 16.3. The molecule has 4 nitrogen and oxygen atoms in total. The maximum absolute atomic E-state index is 12.4. The molecule has 1 aliphatic carbocycles. The summed E-state index contributed by atoms with van der Waals surface area (Å²) in [5.74, 6) is 1.41. The zero-order chi connectivity index (χ0) is 15.6. The number of hydrogen-bond acceptors (Lipinski definition) is 3. The quantitative estimate of drug-likeness (QED) is 0.921. The zero-order valence-corrected chi connectivity index (χ0v) is 13.2. The maximum Gasteiger partial charge on any atom is 0.224 e. The second-order valence-electron chi connectivity index (χ2n) is 6.50. The lowest BCUT2D eigenvalue weighted by Gasteiger charge is -2.21. The zero-order valence-electron chi connectivity index (χ0n) is 13.2. The number of anilines is 1. The number of nitrogens with one attached hydrogen (secondary N) is 1. The van der Waals surface area contributed by atoms with Gasteiger partial charge in [-0.3, -0.25) is 4.79 Å². The van der Waals surface area contributed by atoms with Crippen LogP contribution in [-0.2, 0) is 11.3 Å². The summed E-state index contributed by atoms with van der Waals surface area (Å²) in [6.45, 7) is 2.84. The van der Waals surface area contributed by atoms with Gasteiger partial charge in [-0.2, -0.15) is 0 Å². The second kappa shape index (κ2) is 6.11. The molecule has 4 heteroatoms. The average molecular weight is 310 g/mol. The molecular formula is C19H22N2O2. The average Bonchev–Trinajstić information content (AvgIpc) is 3.01. The molecule has 2 aromatic rings. The predicted octanol–water partition coefficient (Wildman–Crippen LogP) is 3.30. The van der Waals surface area contributed by atoms with Crippen LogP contribution in [0, 0.1) is 5.92 Å². The summed E-state index contributed by atoms with van der Waals surface area (Å²) in [4.78, 5) is 14.8. The first-order valence-corrected chi connectivity index (χ1v) is 8.47. The van der Waals surface area contributed by atoms with E-state index in [4.69, 9.17) is 4.42 Å². The van der Waals surface area contributed by atoms with Gasteiger partial charge in [0.15, 0.2) is 0 Å². The van der Waals surface area contributed by atoms with Crippen LogP contribution < -0.4 is 10.2 Å². The van der Waals surface area contributed by atoms with E-state index in [9.17, 15) is 4.79 Å². The van der Waals surface area contributed by atoms with Crippen molar-refractivity contribution in [3.8, 4) is 0 Å². The highest BCUT2D eigenvalue weighted by Crippen LogP contribution is 2.47. The molecule has 1 saturated heterocycles. The van der Waals surface area contributed by atoms with Gasteiger partial charge in [-0.1, -0.05) is 18.2 Å². The molecule has 1 aromatic carbocycles. The smallest absolute Gasteiger partial charge is 0.224 e. The van der Waals surface area contributed by atoms with E-state index in [1.807, 2.05) is 18.2 Å². The molecular weight excluding hydrogens is 288 g/mol. The van der Waals surface area contributed by atoms with Crippen LogP contribution in [0.25, 0.3) is 0 Å². The number of carbonyl (C=O) groups excluding carboxylic acids is 1. The lowest BCUT2D eigenvalue weighted by atomic mass is 10.1. The minimum Gasteiger partial charge on any atom is -0.469 e. The molecule has 1 saturated carbocycles. The minimum atomic E-state index is 0.0695. The van der Waals surface area contributed by atoms with Crippen LogP contribution in [0.15, 0.2) is 47.1 Å². The van der Waals surface area contributed by atoms with E-state index < -0.39 is 0 Å². The molecule has 2 heterocycles. The van der Waals surface area contributed by atoms with Crippen molar-refractivity contribution in [3.05, 3.63) is 54.0 Å². The Bertz CT molecular complexity index is 674. The van der Waals surface area contributed by atoms with Gasteiger partial charge in [0.2, 0.25) is 5.91 Å². The van der Waals surface area contributed by atoms with Crippen LogP contribution in [0.3, 0.4) is 0 Å². The van der Waals surface area contributed by atoms with E-state index >= 15 is 0 Å². The third-order valence-electron chi connectivity index (χ3n) is 4.93. The molecule has 2 aliphatic rings. The van der Waals surface area contributed by atoms with Gasteiger partial charge in [-0.15, -0.1) is 0 Å². The fourth-order valence-electron chi connectivity index (χ4n) is 3.54. The summed E-state index contributed by atoms with van der Waals surface area (Å²) in [5, 5.41) is 3.11. The van der Waals surface area contributed by atoms with Crippen LogP contribution in [0.1, 0.15) is 36.5 Å². The van der Waals surface area contributed by atoms with Gasteiger partial charge >= 0.3 is 0 Å². The number of furan rings is 1. The molecule has 0 bridgehead atoms. The highest BCUT2D eigenvalue weighted by molar-refractivity contribution is 5.82. The number of carbonyl (C=O) groups is 1. The van der Waals surface area contributed by atoms with Gasteiger partial charge in [0, 0.05) is 37.2 Å². The first-order valence-electron chi connectivity index (χ1n) is 8.47. The molecule has 1 aliphatic heterocycles. The second-order valence-corrected chi connectivity index (χ2v) is 6.50.